The third kappa shape index (κ3) is 3.08. The maximum absolute atomic E-state index is 2.29. The Morgan fingerprint density at radius 1 is 0.750 bits per heavy atom. The van der Waals surface area contributed by atoms with E-state index in [4.69, 9.17) is 0 Å². The highest BCUT2D eigenvalue weighted by molar-refractivity contribution is 5.16. The number of hydrogen-bond acceptors (Lipinski definition) is 0. The van der Waals surface area contributed by atoms with Gasteiger partial charge in [-0.15, -0.1) is 0 Å². The van der Waals surface area contributed by atoms with Crippen molar-refractivity contribution in [2.24, 2.45) is 0 Å². The Balaban J connectivity index is 2.67. The predicted octanol–water partition coefficient (Wildman–Crippen LogP) is 4.01. The highest BCUT2D eigenvalue weighted by Gasteiger charge is 1.94. The van der Waals surface area contributed by atoms with Crippen molar-refractivity contribution >= 4 is 0 Å². The predicted molar refractivity (Wildman–Crippen MR) is 55.1 cm³/mol. The van der Waals surface area contributed by atoms with Crippen molar-refractivity contribution in [2.75, 3.05) is 0 Å². The molecule has 0 fully saturated rings. The van der Waals surface area contributed by atoms with E-state index >= 15 is 0 Å². The Kier molecular flexibility index (Phi) is 3.86. The molecule has 0 aromatic heterocycles. The molecular formula is C12H18. The summed E-state index contributed by atoms with van der Waals surface area (Å²) in [5.74, 6) is 0. The van der Waals surface area contributed by atoms with Crippen molar-refractivity contribution < 1.29 is 0 Å². The van der Waals surface area contributed by atoms with Crippen LogP contribution in [0.5, 0.6) is 0 Å². The molecule has 0 radical (unpaired) electrons. The molecule has 0 aromatic carbocycles. The maximum Gasteiger partial charge on any atom is -0.0139 e. The third-order valence-corrected chi connectivity index (χ3v) is 2.41. The first-order valence-corrected chi connectivity index (χ1v) is 4.76. The van der Waals surface area contributed by atoms with E-state index in [0.717, 1.165) is 12.8 Å². The van der Waals surface area contributed by atoms with E-state index in [2.05, 4.69) is 38.2 Å². The summed E-state index contributed by atoms with van der Waals surface area (Å²) >= 11 is 0. The molecule has 0 atom stereocenters. The maximum atomic E-state index is 2.29. The summed E-state index contributed by atoms with van der Waals surface area (Å²) in [6, 6.07) is 0. The van der Waals surface area contributed by atoms with Gasteiger partial charge in [-0.1, -0.05) is 35.5 Å². The smallest absolute Gasteiger partial charge is 0.0139 e. The molecule has 0 nitrogen and oxygen atoms in total. The van der Waals surface area contributed by atoms with E-state index < -0.39 is 0 Å². The van der Waals surface area contributed by atoms with Gasteiger partial charge in [0, 0.05) is 0 Å². The van der Waals surface area contributed by atoms with Crippen molar-refractivity contribution in [3.63, 3.8) is 0 Å². The molecule has 0 bridgehead atoms. The molecule has 0 amide bonds. The van der Waals surface area contributed by atoms with Crippen LogP contribution in [0.4, 0.5) is 0 Å². The monoisotopic (exact) mass is 162 g/mol. The summed E-state index contributed by atoms with van der Waals surface area (Å²) in [4.78, 5) is 0. The standard InChI is InChI=1S/C12H18/c1-11-9-7-5-3-4-6-8-10-12(11)2/h5-8H,3-4,9-10H2,1-2H3/b7-5-,8-6+,12-11-. The van der Waals surface area contributed by atoms with Gasteiger partial charge in [-0.25, -0.2) is 0 Å². The van der Waals surface area contributed by atoms with Crippen molar-refractivity contribution in [1.29, 1.82) is 0 Å². The van der Waals surface area contributed by atoms with Gasteiger partial charge in [-0.3, -0.25) is 0 Å². The SMILES string of the molecule is C/C1=C(\C)C/C=C/CC/C=C\C1. The molecule has 0 aromatic rings. The van der Waals surface area contributed by atoms with Crippen LogP contribution < -0.4 is 0 Å². The van der Waals surface area contributed by atoms with Crippen LogP contribution in [0, 0.1) is 0 Å². The molecule has 1 aliphatic rings. The first-order chi connectivity index (χ1) is 5.80. The topological polar surface area (TPSA) is 0 Å². The second-order valence-electron chi connectivity index (χ2n) is 3.49. The Morgan fingerprint density at radius 3 is 1.58 bits per heavy atom. The number of hydrogen-bond donors (Lipinski definition) is 0. The van der Waals surface area contributed by atoms with Crippen LogP contribution >= 0.6 is 0 Å². The van der Waals surface area contributed by atoms with Gasteiger partial charge in [0.05, 0.1) is 0 Å². The molecule has 1 aliphatic carbocycles. The zero-order chi connectivity index (χ0) is 8.81. The highest BCUT2D eigenvalue weighted by atomic mass is 14.0. The number of rotatable bonds is 0. The zero-order valence-electron chi connectivity index (χ0n) is 8.14. The van der Waals surface area contributed by atoms with E-state index in [9.17, 15) is 0 Å². The summed E-state index contributed by atoms with van der Waals surface area (Å²) in [6.45, 7) is 4.46. The largest absolute Gasteiger partial charge is 0.0879 e. The summed E-state index contributed by atoms with van der Waals surface area (Å²) in [6.07, 6.45) is 13.8. The second kappa shape index (κ2) is 4.97. The first-order valence-electron chi connectivity index (χ1n) is 4.76. The van der Waals surface area contributed by atoms with Crippen LogP contribution in [-0.2, 0) is 0 Å². The minimum Gasteiger partial charge on any atom is -0.0879 e. The van der Waals surface area contributed by atoms with E-state index in [-0.39, 0.29) is 0 Å². The molecule has 1 rings (SSSR count). The van der Waals surface area contributed by atoms with Gasteiger partial charge in [0.15, 0.2) is 0 Å². The van der Waals surface area contributed by atoms with E-state index in [1.165, 1.54) is 24.0 Å². The Morgan fingerprint density at radius 2 is 1.17 bits per heavy atom. The lowest BCUT2D eigenvalue weighted by Gasteiger charge is -2.03. The lowest BCUT2D eigenvalue weighted by molar-refractivity contribution is 0.999. The zero-order valence-corrected chi connectivity index (χ0v) is 8.14. The second-order valence-corrected chi connectivity index (χ2v) is 3.49. The Hall–Kier alpha value is -0.780. The van der Waals surface area contributed by atoms with Crippen molar-refractivity contribution in [1.82, 2.24) is 0 Å². The summed E-state index contributed by atoms with van der Waals surface area (Å²) in [7, 11) is 0. The Labute approximate surface area is 75.7 Å². The molecule has 0 saturated heterocycles. The average Bonchev–Trinajstić information content (AvgIpc) is 2.08. The average molecular weight is 162 g/mol. The quantitative estimate of drug-likeness (QED) is 0.472. The van der Waals surface area contributed by atoms with E-state index in [0.29, 0.717) is 0 Å². The lowest BCUT2D eigenvalue weighted by Crippen LogP contribution is -1.83. The van der Waals surface area contributed by atoms with Gasteiger partial charge in [-0.2, -0.15) is 0 Å². The Bertz CT molecular complexity index is 192. The third-order valence-electron chi connectivity index (χ3n) is 2.41. The first kappa shape index (κ1) is 9.31. The van der Waals surface area contributed by atoms with Gasteiger partial charge in [0.25, 0.3) is 0 Å². The number of allylic oxidation sites excluding steroid dienone is 6. The van der Waals surface area contributed by atoms with Crippen LogP contribution in [0.25, 0.3) is 0 Å². The molecule has 0 heterocycles. The molecular weight excluding hydrogens is 144 g/mol. The molecule has 0 aliphatic heterocycles. The van der Waals surface area contributed by atoms with Crippen molar-refractivity contribution in [3.05, 3.63) is 35.5 Å². The minimum atomic E-state index is 1.14. The van der Waals surface area contributed by atoms with Gasteiger partial charge in [0.1, 0.15) is 0 Å². The summed E-state index contributed by atoms with van der Waals surface area (Å²) in [5, 5.41) is 0. The fraction of sp³-hybridized carbons (Fsp3) is 0.500. The van der Waals surface area contributed by atoms with Crippen molar-refractivity contribution in [3.8, 4) is 0 Å². The van der Waals surface area contributed by atoms with E-state index in [1.807, 2.05) is 0 Å². The molecule has 0 N–H and O–H groups in total. The van der Waals surface area contributed by atoms with Crippen LogP contribution in [0.15, 0.2) is 35.5 Å². The van der Waals surface area contributed by atoms with Gasteiger partial charge >= 0.3 is 0 Å². The van der Waals surface area contributed by atoms with E-state index in [1.54, 1.807) is 0 Å². The van der Waals surface area contributed by atoms with Gasteiger partial charge < -0.3 is 0 Å². The molecule has 0 unspecified atom stereocenters. The van der Waals surface area contributed by atoms with Gasteiger partial charge in [-0.05, 0) is 39.5 Å². The fourth-order valence-electron chi connectivity index (χ4n) is 1.30. The fourth-order valence-corrected chi connectivity index (χ4v) is 1.30. The van der Waals surface area contributed by atoms with Crippen LogP contribution in [-0.4, -0.2) is 0 Å². The molecule has 0 heteroatoms. The molecule has 66 valence electrons. The normalized spacial score (nSPS) is 31.2. The van der Waals surface area contributed by atoms with Crippen molar-refractivity contribution in [2.45, 2.75) is 39.5 Å². The van der Waals surface area contributed by atoms with Gasteiger partial charge in [0.2, 0.25) is 0 Å². The van der Waals surface area contributed by atoms with Crippen LogP contribution in [0.3, 0.4) is 0 Å². The lowest BCUT2D eigenvalue weighted by atomic mass is 10.0. The summed E-state index contributed by atoms with van der Waals surface area (Å²) < 4.78 is 0. The minimum absolute atomic E-state index is 1.14. The molecule has 0 spiro atoms. The highest BCUT2D eigenvalue weighted by Crippen LogP contribution is 2.14. The summed E-state index contributed by atoms with van der Waals surface area (Å²) in [5.41, 5.74) is 3.05. The van der Waals surface area contributed by atoms with Crippen LogP contribution in [0.1, 0.15) is 39.5 Å². The molecule has 0 saturated carbocycles. The molecule has 12 heavy (non-hydrogen) atoms. The van der Waals surface area contributed by atoms with Crippen LogP contribution in [0.2, 0.25) is 0 Å².